The Morgan fingerprint density at radius 3 is 2.58 bits per heavy atom. The number of hydrogen-bond donors (Lipinski definition) is 0. The van der Waals surface area contributed by atoms with Gasteiger partial charge in [-0.3, -0.25) is 4.79 Å². The van der Waals surface area contributed by atoms with E-state index in [2.05, 4.69) is 11.8 Å². The summed E-state index contributed by atoms with van der Waals surface area (Å²) in [6.07, 6.45) is 0. The maximum absolute atomic E-state index is 13.0. The molecule has 0 fully saturated rings. The van der Waals surface area contributed by atoms with Crippen molar-refractivity contribution in [2.24, 2.45) is 0 Å². The first-order valence-corrected chi connectivity index (χ1v) is 5.65. The predicted octanol–water partition coefficient (Wildman–Crippen LogP) is 3.07. The Bertz CT molecular complexity index is 651. The number of carbonyl (C=O) groups is 1. The molecule has 0 N–H and O–H groups in total. The van der Waals surface area contributed by atoms with Crippen LogP contribution in [0.3, 0.4) is 0 Å². The van der Waals surface area contributed by atoms with Crippen molar-refractivity contribution in [1.82, 2.24) is 0 Å². The summed E-state index contributed by atoms with van der Waals surface area (Å²) in [5, 5.41) is 0. The molecule has 0 atom stereocenters. The molecule has 2 rings (SSSR count). The molecular formula is C16H11FO2. The van der Waals surface area contributed by atoms with Crippen LogP contribution in [0.25, 0.3) is 0 Å². The summed E-state index contributed by atoms with van der Waals surface area (Å²) in [7, 11) is 1.39. The van der Waals surface area contributed by atoms with Crippen LogP contribution >= 0.6 is 0 Å². The van der Waals surface area contributed by atoms with E-state index in [4.69, 9.17) is 4.74 Å². The van der Waals surface area contributed by atoms with E-state index in [9.17, 15) is 9.18 Å². The van der Waals surface area contributed by atoms with Gasteiger partial charge in [0, 0.05) is 11.6 Å². The Balaban J connectivity index is 2.29. The molecule has 0 spiro atoms. The number of methoxy groups -OCH3 is 1. The van der Waals surface area contributed by atoms with Gasteiger partial charge in [0.1, 0.15) is 11.6 Å². The Morgan fingerprint density at radius 2 is 1.89 bits per heavy atom. The first-order chi connectivity index (χ1) is 9.20. The van der Waals surface area contributed by atoms with Gasteiger partial charge >= 0.3 is 0 Å². The number of carbonyl (C=O) groups excluding carboxylic acids is 1. The molecule has 0 aromatic heterocycles. The molecule has 0 aliphatic carbocycles. The van der Waals surface area contributed by atoms with Crippen LogP contribution in [0, 0.1) is 17.7 Å². The maximum Gasteiger partial charge on any atom is 0.239 e. The van der Waals surface area contributed by atoms with Crippen molar-refractivity contribution in [2.75, 3.05) is 7.11 Å². The van der Waals surface area contributed by atoms with Crippen LogP contribution < -0.4 is 4.74 Å². The van der Waals surface area contributed by atoms with Crippen molar-refractivity contribution in [3.63, 3.8) is 0 Å². The van der Waals surface area contributed by atoms with Gasteiger partial charge in [-0.25, -0.2) is 4.39 Å². The van der Waals surface area contributed by atoms with Gasteiger partial charge in [-0.2, -0.15) is 0 Å². The number of hydrogen-bond acceptors (Lipinski definition) is 2. The molecule has 0 aliphatic heterocycles. The van der Waals surface area contributed by atoms with Crippen LogP contribution in [-0.2, 0) is 0 Å². The molecule has 0 amide bonds. The average molecular weight is 254 g/mol. The number of ether oxygens (including phenoxy) is 1. The number of ketones is 1. The van der Waals surface area contributed by atoms with Gasteiger partial charge < -0.3 is 4.74 Å². The van der Waals surface area contributed by atoms with Crippen LogP contribution in [0.2, 0.25) is 0 Å². The second kappa shape index (κ2) is 5.83. The Morgan fingerprint density at radius 1 is 1.16 bits per heavy atom. The van der Waals surface area contributed by atoms with E-state index < -0.39 is 11.6 Å². The molecule has 19 heavy (non-hydrogen) atoms. The van der Waals surface area contributed by atoms with Gasteiger partial charge in [0.25, 0.3) is 0 Å². The summed E-state index contributed by atoms with van der Waals surface area (Å²) in [6.45, 7) is 0. The Kier molecular flexibility index (Phi) is 3.94. The van der Waals surface area contributed by atoms with Crippen molar-refractivity contribution in [2.45, 2.75) is 0 Å². The van der Waals surface area contributed by atoms with E-state index in [0.29, 0.717) is 0 Å². The molecule has 0 saturated heterocycles. The molecule has 2 aromatic rings. The molecule has 2 nitrogen and oxygen atoms in total. The van der Waals surface area contributed by atoms with Gasteiger partial charge in [-0.15, -0.1) is 0 Å². The molecule has 3 heteroatoms. The minimum absolute atomic E-state index is 0.187. The first-order valence-electron chi connectivity index (χ1n) is 5.65. The molecule has 0 bridgehead atoms. The zero-order valence-electron chi connectivity index (χ0n) is 10.3. The highest BCUT2D eigenvalue weighted by Crippen LogP contribution is 2.19. The third-order valence-electron chi connectivity index (χ3n) is 2.50. The lowest BCUT2D eigenvalue weighted by molar-refractivity contribution is 0.105. The number of halogens is 1. The molecule has 94 valence electrons. The maximum atomic E-state index is 13.0. The van der Waals surface area contributed by atoms with E-state index in [1.165, 1.54) is 19.2 Å². The van der Waals surface area contributed by atoms with Gasteiger partial charge in [0.15, 0.2) is 0 Å². The highest BCUT2D eigenvalue weighted by molar-refractivity contribution is 6.11. The second-order valence-electron chi connectivity index (χ2n) is 3.79. The SMILES string of the molecule is COc1cc(F)ccc1C(=O)C#Cc1ccccc1. The standard InChI is InChI=1S/C16H11FO2/c1-19-16-11-13(17)8-9-14(16)15(18)10-7-12-5-3-2-4-6-12/h2-6,8-9,11H,1H3. The molecule has 0 heterocycles. The third-order valence-corrected chi connectivity index (χ3v) is 2.50. The molecule has 0 unspecified atom stereocenters. The van der Waals surface area contributed by atoms with E-state index >= 15 is 0 Å². The van der Waals surface area contributed by atoms with Crippen molar-refractivity contribution in [3.8, 4) is 17.6 Å². The van der Waals surface area contributed by atoms with Crippen LogP contribution in [0.4, 0.5) is 4.39 Å². The quantitative estimate of drug-likeness (QED) is 0.608. The summed E-state index contributed by atoms with van der Waals surface area (Å²) < 4.78 is 18.0. The number of Topliss-reactive ketones (excluding diaryl/α,β-unsaturated/α-hetero) is 1. The zero-order chi connectivity index (χ0) is 13.7. The summed E-state index contributed by atoms with van der Waals surface area (Å²) in [5.41, 5.74) is 1.00. The van der Waals surface area contributed by atoms with Crippen molar-refractivity contribution in [3.05, 3.63) is 65.5 Å². The fraction of sp³-hybridized carbons (Fsp3) is 0.0625. The van der Waals surface area contributed by atoms with Crippen LogP contribution in [0.5, 0.6) is 5.75 Å². The average Bonchev–Trinajstić information content (AvgIpc) is 2.45. The molecular weight excluding hydrogens is 243 g/mol. The lowest BCUT2D eigenvalue weighted by Gasteiger charge is -2.04. The summed E-state index contributed by atoms with van der Waals surface area (Å²) >= 11 is 0. The van der Waals surface area contributed by atoms with E-state index in [1.807, 2.05) is 30.3 Å². The monoisotopic (exact) mass is 254 g/mol. The van der Waals surface area contributed by atoms with Gasteiger partial charge in [0.2, 0.25) is 5.78 Å². The van der Waals surface area contributed by atoms with Crippen LogP contribution in [0.1, 0.15) is 15.9 Å². The van der Waals surface area contributed by atoms with Crippen molar-refractivity contribution in [1.29, 1.82) is 0 Å². The van der Waals surface area contributed by atoms with Gasteiger partial charge in [-0.05, 0) is 30.2 Å². The molecule has 0 saturated carbocycles. The molecule has 2 aromatic carbocycles. The van der Waals surface area contributed by atoms with E-state index in [0.717, 1.165) is 11.6 Å². The number of rotatable bonds is 2. The minimum Gasteiger partial charge on any atom is -0.496 e. The summed E-state index contributed by atoms with van der Waals surface area (Å²) in [4.78, 5) is 11.9. The van der Waals surface area contributed by atoms with Crippen molar-refractivity contribution < 1.29 is 13.9 Å². The highest BCUT2D eigenvalue weighted by atomic mass is 19.1. The minimum atomic E-state index is -0.454. The molecule has 0 aliphatic rings. The summed E-state index contributed by atoms with van der Waals surface area (Å²) in [6, 6.07) is 12.9. The molecule has 0 radical (unpaired) electrons. The lowest BCUT2D eigenvalue weighted by atomic mass is 10.1. The fourth-order valence-corrected chi connectivity index (χ4v) is 1.57. The van der Waals surface area contributed by atoms with Gasteiger partial charge in [0.05, 0.1) is 12.7 Å². The second-order valence-corrected chi connectivity index (χ2v) is 3.79. The lowest BCUT2D eigenvalue weighted by Crippen LogP contribution is -2.00. The van der Waals surface area contributed by atoms with Crippen LogP contribution in [0.15, 0.2) is 48.5 Å². The van der Waals surface area contributed by atoms with E-state index in [1.54, 1.807) is 0 Å². The Hall–Kier alpha value is -2.60. The zero-order valence-corrected chi connectivity index (χ0v) is 10.3. The third kappa shape index (κ3) is 3.20. The largest absolute Gasteiger partial charge is 0.496 e. The van der Waals surface area contributed by atoms with Gasteiger partial charge in [-0.1, -0.05) is 24.1 Å². The van der Waals surface area contributed by atoms with Crippen LogP contribution in [-0.4, -0.2) is 12.9 Å². The topological polar surface area (TPSA) is 26.3 Å². The highest BCUT2D eigenvalue weighted by Gasteiger charge is 2.10. The smallest absolute Gasteiger partial charge is 0.239 e. The van der Waals surface area contributed by atoms with Crippen molar-refractivity contribution >= 4 is 5.78 Å². The normalized spacial score (nSPS) is 9.37. The first kappa shape index (κ1) is 12.8. The summed E-state index contributed by atoms with van der Waals surface area (Å²) in [5.74, 6) is 4.61. The number of benzene rings is 2. The fourth-order valence-electron chi connectivity index (χ4n) is 1.57. The van der Waals surface area contributed by atoms with E-state index in [-0.39, 0.29) is 11.3 Å². The Labute approximate surface area is 110 Å². The predicted molar refractivity (Wildman–Crippen MR) is 70.6 cm³/mol.